The van der Waals surface area contributed by atoms with Crippen molar-refractivity contribution in [1.82, 2.24) is 4.90 Å². The van der Waals surface area contributed by atoms with E-state index in [-0.39, 0.29) is 31.1 Å². The molecule has 2 aromatic rings. The lowest BCUT2D eigenvalue weighted by atomic mass is 9.87. The Balaban J connectivity index is 1.62. The lowest BCUT2D eigenvalue weighted by molar-refractivity contribution is -0.140. The summed E-state index contributed by atoms with van der Waals surface area (Å²) in [5.41, 5.74) is 1.05. The first-order valence-electron chi connectivity index (χ1n) is 12.3. The van der Waals surface area contributed by atoms with Crippen LogP contribution < -0.4 is 4.74 Å². The van der Waals surface area contributed by atoms with Gasteiger partial charge >= 0.3 is 6.09 Å². The van der Waals surface area contributed by atoms with Crippen LogP contribution >= 0.6 is 0 Å². The second kappa shape index (κ2) is 13.2. The summed E-state index contributed by atoms with van der Waals surface area (Å²) in [4.78, 5) is 27.4. The van der Waals surface area contributed by atoms with Gasteiger partial charge in [0.25, 0.3) is 0 Å². The first-order chi connectivity index (χ1) is 17.3. The van der Waals surface area contributed by atoms with E-state index in [2.05, 4.69) is 0 Å². The maximum Gasteiger partial charge on any atom is 0.417 e. The number of ether oxygens (including phenoxy) is 4. The SMILES string of the molecule is COc1ccc(COCC/C=C/[C@](C)(COCc2ccccc2)C(=O)N2C(=O)OC[C@@H]2C(C)C)cc1. The highest BCUT2D eigenvalue weighted by atomic mass is 16.6. The minimum atomic E-state index is -1.03. The first kappa shape index (κ1) is 27.4. The second-order valence-electron chi connectivity index (χ2n) is 9.55. The second-order valence-corrected chi connectivity index (χ2v) is 9.55. The Morgan fingerprint density at radius 2 is 1.75 bits per heavy atom. The Morgan fingerprint density at radius 3 is 2.42 bits per heavy atom. The van der Waals surface area contributed by atoms with Crippen LogP contribution in [0.2, 0.25) is 0 Å². The quantitative estimate of drug-likeness (QED) is 0.274. The summed E-state index contributed by atoms with van der Waals surface area (Å²) in [7, 11) is 1.64. The third-order valence-corrected chi connectivity index (χ3v) is 6.24. The predicted octanol–water partition coefficient (Wildman–Crippen LogP) is 5.38. The largest absolute Gasteiger partial charge is 0.497 e. The van der Waals surface area contributed by atoms with Crippen molar-refractivity contribution in [3.8, 4) is 5.75 Å². The van der Waals surface area contributed by atoms with Gasteiger partial charge in [-0.1, -0.05) is 68.5 Å². The maximum atomic E-state index is 13.6. The van der Waals surface area contributed by atoms with E-state index in [1.54, 1.807) is 14.0 Å². The molecule has 0 bridgehead atoms. The number of nitrogens with zero attached hydrogens (tertiary/aromatic N) is 1. The van der Waals surface area contributed by atoms with Crippen molar-refractivity contribution in [3.05, 3.63) is 77.9 Å². The Bertz CT molecular complexity index is 1000. The highest BCUT2D eigenvalue weighted by Gasteiger charge is 2.46. The third kappa shape index (κ3) is 7.42. The molecule has 7 nitrogen and oxygen atoms in total. The van der Waals surface area contributed by atoms with Gasteiger partial charge in [0, 0.05) is 0 Å². The van der Waals surface area contributed by atoms with Crippen LogP contribution in [0.3, 0.4) is 0 Å². The number of rotatable bonds is 13. The first-order valence-corrected chi connectivity index (χ1v) is 12.3. The molecule has 1 saturated heterocycles. The fourth-order valence-corrected chi connectivity index (χ4v) is 3.98. The summed E-state index contributed by atoms with van der Waals surface area (Å²) >= 11 is 0. The molecule has 7 heteroatoms. The van der Waals surface area contributed by atoms with Crippen LogP contribution in [-0.2, 0) is 32.2 Å². The molecule has 2 atom stereocenters. The number of hydrogen-bond donors (Lipinski definition) is 0. The van der Waals surface area contributed by atoms with Gasteiger partial charge in [0.2, 0.25) is 5.91 Å². The molecule has 0 radical (unpaired) electrons. The van der Waals surface area contributed by atoms with E-state index in [0.717, 1.165) is 16.9 Å². The van der Waals surface area contributed by atoms with E-state index in [1.807, 2.05) is 80.6 Å². The highest BCUT2D eigenvalue weighted by Crippen LogP contribution is 2.30. The number of carbonyl (C=O) groups excluding carboxylic acids is 2. The van der Waals surface area contributed by atoms with E-state index in [4.69, 9.17) is 18.9 Å². The van der Waals surface area contributed by atoms with Gasteiger partial charge in [0.1, 0.15) is 12.4 Å². The van der Waals surface area contributed by atoms with E-state index < -0.39 is 11.5 Å². The average Bonchev–Trinajstić information content (AvgIpc) is 3.28. The Morgan fingerprint density at radius 1 is 1.08 bits per heavy atom. The molecule has 0 aromatic heterocycles. The van der Waals surface area contributed by atoms with Gasteiger partial charge in [0.05, 0.1) is 45.0 Å². The van der Waals surface area contributed by atoms with Gasteiger partial charge in [-0.15, -0.1) is 0 Å². The molecule has 2 aromatic carbocycles. The van der Waals surface area contributed by atoms with Crippen LogP contribution in [0.5, 0.6) is 5.75 Å². The molecule has 3 rings (SSSR count). The van der Waals surface area contributed by atoms with E-state index in [9.17, 15) is 9.59 Å². The molecule has 194 valence electrons. The smallest absolute Gasteiger partial charge is 0.417 e. The lowest BCUT2D eigenvalue weighted by Gasteiger charge is -2.32. The molecule has 0 aliphatic carbocycles. The standard InChI is InChI=1S/C29H37NO6/c1-22(2)26-20-36-28(32)30(26)27(31)29(3,21-35-19-23-10-6-5-7-11-23)16-8-9-17-34-18-24-12-14-25(33-4)15-13-24/h5-8,10-16,22,26H,9,17-21H2,1-4H3/b16-8+/t26-,29-/m1/s1. The molecular weight excluding hydrogens is 458 g/mol. The molecule has 1 aliphatic rings. The van der Waals surface area contributed by atoms with Gasteiger partial charge in [-0.2, -0.15) is 0 Å². The number of carbonyl (C=O) groups is 2. The van der Waals surface area contributed by atoms with E-state index >= 15 is 0 Å². The van der Waals surface area contributed by atoms with E-state index in [0.29, 0.717) is 26.2 Å². The van der Waals surface area contributed by atoms with Gasteiger partial charge < -0.3 is 18.9 Å². The molecule has 2 amide bonds. The average molecular weight is 496 g/mol. The topological polar surface area (TPSA) is 74.3 Å². The number of cyclic esters (lactones) is 1. The monoisotopic (exact) mass is 495 g/mol. The summed E-state index contributed by atoms with van der Waals surface area (Å²) < 4.78 is 22.1. The van der Waals surface area contributed by atoms with Crippen molar-refractivity contribution in [1.29, 1.82) is 0 Å². The van der Waals surface area contributed by atoms with Crippen LogP contribution in [0, 0.1) is 11.3 Å². The van der Waals surface area contributed by atoms with E-state index in [1.165, 1.54) is 4.90 Å². The number of methoxy groups -OCH3 is 1. The molecular formula is C29H37NO6. The van der Waals surface area contributed by atoms with Crippen molar-refractivity contribution < 1.29 is 28.5 Å². The predicted molar refractivity (Wildman–Crippen MR) is 137 cm³/mol. The van der Waals surface area contributed by atoms with Gasteiger partial charge in [-0.3, -0.25) is 4.79 Å². The lowest BCUT2D eigenvalue weighted by Crippen LogP contribution is -2.49. The molecule has 36 heavy (non-hydrogen) atoms. The fraction of sp³-hybridized carbons (Fsp3) is 0.448. The summed E-state index contributed by atoms with van der Waals surface area (Å²) in [6.45, 7) is 7.48. The number of hydrogen-bond acceptors (Lipinski definition) is 6. The third-order valence-electron chi connectivity index (χ3n) is 6.24. The molecule has 1 fully saturated rings. The van der Waals surface area contributed by atoms with Crippen LogP contribution in [0.25, 0.3) is 0 Å². The Hall–Kier alpha value is -3.16. The highest BCUT2D eigenvalue weighted by molar-refractivity contribution is 5.97. The molecule has 1 heterocycles. The fourth-order valence-electron chi connectivity index (χ4n) is 3.98. The molecule has 1 aliphatic heterocycles. The van der Waals surface area contributed by atoms with Crippen LogP contribution in [-0.4, -0.2) is 49.9 Å². The Kier molecular flexibility index (Phi) is 10.1. The normalized spacial score (nSPS) is 17.4. The summed E-state index contributed by atoms with van der Waals surface area (Å²) in [5, 5.41) is 0. The minimum absolute atomic E-state index is 0.0882. The summed E-state index contributed by atoms with van der Waals surface area (Å²) in [6, 6.07) is 17.2. The molecule has 0 saturated carbocycles. The van der Waals surface area contributed by atoms with Crippen molar-refractivity contribution >= 4 is 12.0 Å². The van der Waals surface area contributed by atoms with Gasteiger partial charge in [-0.05, 0) is 42.5 Å². The van der Waals surface area contributed by atoms with Crippen LogP contribution in [0.1, 0.15) is 38.3 Å². The van der Waals surface area contributed by atoms with Crippen molar-refractivity contribution in [2.24, 2.45) is 11.3 Å². The molecule has 0 spiro atoms. The number of benzene rings is 2. The minimum Gasteiger partial charge on any atom is -0.497 e. The molecule has 0 N–H and O–H groups in total. The maximum absolute atomic E-state index is 13.6. The zero-order chi connectivity index (χ0) is 26.0. The zero-order valence-corrected chi connectivity index (χ0v) is 21.6. The van der Waals surface area contributed by atoms with Crippen molar-refractivity contribution in [2.45, 2.75) is 46.4 Å². The number of amides is 2. The van der Waals surface area contributed by atoms with Gasteiger partial charge in [-0.25, -0.2) is 9.69 Å². The van der Waals surface area contributed by atoms with Crippen LogP contribution in [0.15, 0.2) is 66.7 Å². The Labute approximate surface area is 214 Å². The summed E-state index contributed by atoms with van der Waals surface area (Å²) in [5.74, 6) is 0.582. The molecule has 0 unspecified atom stereocenters. The number of imide groups is 1. The summed E-state index contributed by atoms with van der Waals surface area (Å²) in [6.07, 6.45) is 3.78. The van der Waals surface area contributed by atoms with Crippen molar-refractivity contribution in [2.75, 3.05) is 26.9 Å². The zero-order valence-electron chi connectivity index (χ0n) is 21.6. The van der Waals surface area contributed by atoms with Gasteiger partial charge in [0.15, 0.2) is 0 Å². The van der Waals surface area contributed by atoms with Crippen LogP contribution in [0.4, 0.5) is 4.79 Å². The van der Waals surface area contributed by atoms with Crippen molar-refractivity contribution in [3.63, 3.8) is 0 Å².